The van der Waals surface area contributed by atoms with Gasteiger partial charge in [0.05, 0.1) is 30.3 Å². The fraction of sp³-hybridized carbons (Fsp3) is 0.462. The molecule has 3 fully saturated rings. The first-order valence-electron chi connectivity index (χ1n) is 13.2. The van der Waals surface area contributed by atoms with Crippen LogP contribution in [0.1, 0.15) is 46.7 Å². The number of guanidine groups is 2. The van der Waals surface area contributed by atoms with Crippen LogP contribution in [0.4, 0.5) is 0 Å². The Morgan fingerprint density at radius 2 is 2.02 bits per heavy atom. The third-order valence-electron chi connectivity index (χ3n) is 8.32. The Labute approximate surface area is 230 Å². The summed E-state index contributed by atoms with van der Waals surface area (Å²) in [5.41, 5.74) is 0.0608. The van der Waals surface area contributed by atoms with E-state index in [4.69, 9.17) is 15.6 Å². The number of ether oxygens (including phenoxy) is 1. The Balaban J connectivity index is 1.23. The molecule has 210 valence electrons. The summed E-state index contributed by atoms with van der Waals surface area (Å²) in [5, 5.41) is 51.1. The maximum Gasteiger partial charge on any atom is 0.271 e. The summed E-state index contributed by atoms with van der Waals surface area (Å²) < 4.78 is 5.92. The van der Waals surface area contributed by atoms with Crippen LogP contribution in [0.2, 0.25) is 0 Å². The van der Waals surface area contributed by atoms with Crippen molar-refractivity contribution in [1.82, 2.24) is 41.7 Å². The van der Waals surface area contributed by atoms with Crippen LogP contribution in [0.3, 0.4) is 0 Å². The molecule has 2 aromatic rings. The number of carbonyl (C=O) groups excluding carboxylic acids is 2. The molecule has 3 saturated heterocycles. The van der Waals surface area contributed by atoms with E-state index >= 15 is 0 Å². The molecule has 1 aromatic carbocycles. The molecule has 1 spiro atoms. The molecule has 0 aliphatic carbocycles. The van der Waals surface area contributed by atoms with Gasteiger partial charge in [0.1, 0.15) is 11.9 Å². The maximum absolute atomic E-state index is 13.5. The quantitative estimate of drug-likeness (QED) is 0.225. The van der Waals surface area contributed by atoms with Gasteiger partial charge in [-0.3, -0.25) is 20.4 Å². The zero-order valence-electron chi connectivity index (χ0n) is 22.1. The van der Waals surface area contributed by atoms with Crippen molar-refractivity contribution in [2.24, 2.45) is 0 Å². The van der Waals surface area contributed by atoms with E-state index in [0.717, 1.165) is 12.0 Å². The second-order valence-electron chi connectivity index (χ2n) is 11.2. The molecule has 14 heteroatoms. The largest absolute Gasteiger partial charge is 0.492 e. The molecule has 1 aromatic heterocycles. The van der Waals surface area contributed by atoms with Crippen molar-refractivity contribution in [1.29, 1.82) is 10.8 Å². The molecule has 1 unspecified atom stereocenters. The second-order valence-corrected chi connectivity index (χ2v) is 11.2. The predicted octanol–water partition coefficient (Wildman–Crippen LogP) is -1.16. The fourth-order valence-corrected chi connectivity index (χ4v) is 6.21. The molecule has 0 bridgehead atoms. The zero-order chi connectivity index (χ0) is 28.2. The fourth-order valence-electron chi connectivity index (χ4n) is 6.21. The highest BCUT2D eigenvalue weighted by Crippen LogP contribution is 2.41. The van der Waals surface area contributed by atoms with Crippen LogP contribution >= 0.6 is 0 Å². The average molecular weight is 549 g/mol. The minimum absolute atomic E-state index is 0.00280. The molecule has 6 rings (SSSR count). The van der Waals surface area contributed by atoms with Crippen molar-refractivity contribution in [2.75, 3.05) is 19.7 Å². The molecule has 5 atom stereocenters. The van der Waals surface area contributed by atoms with Crippen molar-refractivity contribution in [3.8, 4) is 5.75 Å². The highest BCUT2D eigenvalue weighted by atomic mass is 16.5. The van der Waals surface area contributed by atoms with Crippen molar-refractivity contribution in [3.63, 3.8) is 0 Å². The van der Waals surface area contributed by atoms with Gasteiger partial charge < -0.3 is 41.3 Å². The summed E-state index contributed by atoms with van der Waals surface area (Å²) >= 11 is 0. The summed E-state index contributed by atoms with van der Waals surface area (Å²) in [6.45, 7) is 4.94. The zero-order valence-corrected chi connectivity index (χ0v) is 22.1. The third-order valence-corrected chi connectivity index (χ3v) is 8.32. The lowest BCUT2D eigenvalue weighted by atomic mass is 9.79. The molecule has 0 saturated carbocycles. The number of aromatic nitrogens is 2. The van der Waals surface area contributed by atoms with Crippen molar-refractivity contribution in [3.05, 3.63) is 53.3 Å². The van der Waals surface area contributed by atoms with Crippen LogP contribution in [0.25, 0.3) is 0 Å². The van der Waals surface area contributed by atoms with E-state index < -0.39 is 35.8 Å². The summed E-state index contributed by atoms with van der Waals surface area (Å²) in [5.74, 6) is -0.312. The van der Waals surface area contributed by atoms with E-state index in [1.54, 1.807) is 17.0 Å². The van der Waals surface area contributed by atoms with Crippen LogP contribution in [-0.4, -0.2) is 93.5 Å². The van der Waals surface area contributed by atoms with Gasteiger partial charge in [-0.25, -0.2) is 0 Å². The van der Waals surface area contributed by atoms with Crippen LogP contribution in [0.15, 0.2) is 36.5 Å². The Morgan fingerprint density at radius 1 is 1.20 bits per heavy atom. The number of nitrogens with one attached hydrogen (secondary N) is 7. The Hall–Kier alpha value is -4.46. The van der Waals surface area contributed by atoms with Crippen LogP contribution in [0, 0.1) is 10.8 Å². The lowest BCUT2D eigenvalue weighted by molar-refractivity contribution is 0.00611. The van der Waals surface area contributed by atoms with Gasteiger partial charge >= 0.3 is 0 Å². The molecule has 5 heterocycles. The lowest BCUT2D eigenvalue weighted by Gasteiger charge is -2.49. The number of carbonyl (C=O) groups is 2. The van der Waals surface area contributed by atoms with E-state index in [0.29, 0.717) is 17.9 Å². The van der Waals surface area contributed by atoms with Gasteiger partial charge in [-0.1, -0.05) is 26.0 Å². The Morgan fingerprint density at radius 3 is 2.80 bits per heavy atom. The minimum Gasteiger partial charge on any atom is -0.492 e. The SMILES string of the molecule is CC1(C)CCOc2c(C(=O)NC3CN4C(=N)N[C@@H](CNC(=O)c5cccnn5)[C@@H]5NC(=N)N[C@@]54[C@@H]3O)cccc21. The van der Waals surface area contributed by atoms with Gasteiger partial charge in [-0.05, 0) is 30.0 Å². The normalized spacial score (nSPS) is 29.5. The molecule has 14 nitrogen and oxygen atoms in total. The molecular weight excluding hydrogens is 516 g/mol. The van der Waals surface area contributed by atoms with E-state index in [-0.39, 0.29) is 42.0 Å². The number of nitrogens with zero attached hydrogens (tertiary/aromatic N) is 3. The Kier molecular flexibility index (Phi) is 6.02. The summed E-state index contributed by atoms with van der Waals surface area (Å²) in [6, 6.07) is 6.69. The summed E-state index contributed by atoms with van der Waals surface area (Å²) in [7, 11) is 0. The van der Waals surface area contributed by atoms with Crippen molar-refractivity contribution in [2.45, 2.75) is 55.6 Å². The number of hydrogen-bond acceptors (Lipinski definition) is 8. The predicted molar refractivity (Wildman–Crippen MR) is 143 cm³/mol. The number of rotatable bonds is 5. The maximum atomic E-state index is 13.5. The number of para-hydroxylation sites is 1. The first kappa shape index (κ1) is 25.8. The van der Waals surface area contributed by atoms with Gasteiger partial charge in [-0.15, -0.1) is 5.10 Å². The Bertz CT molecular complexity index is 1380. The molecule has 0 radical (unpaired) electrons. The molecule has 2 amide bonds. The van der Waals surface area contributed by atoms with E-state index in [1.165, 1.54) is 12.3 Å². The number of fused-ring (bicyclic) bond motifs is 1. The van der Waals surface area contributed by atoms with Crippen molar-refractivity contribution < 1.29 is 19.4 Å². The second kappa shape index (κ2) is 9.33. The number of aliphatic hydroxyl groups is 1. The lowest BCUT2D eigenvalue weighted by Crippen LogP contribution is -2.78. The monoisotopic (exact) mass is 548 g/mol. The smallest absolute Gasteiger partial charge is 0.271 e. The van der Waals surface area contributed by atoms with Gasteiger partial charge in [0.2, 0.25) is 0 Å². The van der Waals surface area contributed by atoms with Crippen LogP contribution in [-0.2, 0) is 5.41 Å². The highest BCUT2D eigenvalue weighted by Gasteiger charge is 2.66. The first-order valence-corrected chi connectivity index (χ1v) is 13.2. The number of aliphatic hydroxyl groups excluding tert-OH is 1. The van der Waals surface area contributed by atoms with E-state index in [9.17, 15) is 14.7 Å². The van der Waals surface area contributed by atoms with E-state index in [1.807, 2.05) is 12.1 Å². The average Bonchev–Trinajstić information content (AvgIpc) is 3.43. The summed E-state index contributed by atoms with van der Waals surface area (Å²) in [4.78, 5) is 27.7. The van der Waals surface area contributed by atoms with Gasteiger partial charge in [0.25, 0.3) is 11.8 Å². The highest BCUT2D eigenvalue weighted by molar-refractivity contribution is 5.98. The molecular formula is C26H32N10O4. The topological polar surface area (TPSA) is 200 Å². The van der Waals surface area contributed by atoms with Crippen LogP contribution in [0.5, 0.6) is 5.75 Å². The van der Waals surface area contributed by atoms with Gasteiger partial charge in [0.15, 0.2) is 23.3 Å². The standard InChI is InChI=1S/C26H32N10O4/c1-25(2)8-10-40-18-13(5-3-6-14(18)25)21(38)31-17-12-36-24(28)32-16(11-29-22(39)15-7-4-9-30-35-15)19-26(36,20(17)37)34-23(27)33-19/h3-7,9,16-17,19-20,37H,8,10-12H2,1-2H3,(H2,28,32)(H,29,39)(H,31,38)(H3,27,33,34)/t16-,17?,19-,20+,26-/m0/s1. The van der Waals surface area contributed by atoms with Crippen molar-refractivity contribution >= 4 is 23.7 Å². The molecule has 8 N–H and O–H groups in total. The molecule has 40 heavy (non-hydrogen) atoms. The van der Waals surface area contributed by atoms with Crippen LogP contribution < -0.4 is 31.3 Å². The number of amides is 2. The summed E-state index contributed by atoms with van der Waals surface area (Å²) in [6.07, 6.45) is 1.11. The number of hydrogen-bond donors (Lipinski definition) is 8. The van der Waals surface area contributed by atoms with Gasteiger partial charge in [-0.2, -0.15) is 5.10 Å². The van der Waals surface area contributed by atoms with E-state index in [2.05, 4.69) is 50.6 Å². The molecule has 4 aliphatic heterocycles. The number of benzene rings is 1. The minimum atomic E-state index is -1.30. The third kappa shape index (κ3) is 3.97. The van der Waals surface area contributed by atoms with Gasteiger partial charge in [0, 0.05) is 24.8 Å². The molecule has 4 aliphatic rings. The first-order chi connectivity index (χ1) is 19.1.